The van der Waals surface area contributed by atoms with Crippen LogP contribution in [0.15, 0.2) is 42.6 Å². The summed E-state index contributed by atoms with van der Waals surface area (Å²) < 4.78 is 12.0. The molecule has 11 nitrogen and oxygen atoms in total. The predicted octanol–water partition coefficient (Wildman–Crippen LogP) is 5.05. The third-order valence-corrected chi connectivity index (χ3v) is 10.8. The van der Waals surface area contributed by atoms with Crippen molar-refractivity contribution in [2.24, 2.45) is 11.8 Å². The molecule has 3 saturated heterocycles. The Balaban J connectivity index is 1.05. The number of H-pyrrole nitrogens is 1. The van der Waals surface area contributed by atoms with Crippen molar-refractivity contribution in [3.05, 3.63) is 59.3 Å². The number of nitrogens with one attached hydrogen (secondary N) is 2. The number of hydrogen-bond acceptors (Lipinski definition) is 7. The first-order chi connectivity index (χ1) is 22.3. The molecule has 0 saturated carbocycles. The molecule has 3 aromatic rings. The van der Waals surface area contributed by atoms with Crippen LogP contribution in [0.4, 0.5) is 15.3 Å². The number of carbonyl (C=O) groups excluding carboxylic acids is 3. The fraction of sp³-hybridized carbons (Fsp3) is 0.543. The maximum atomic E-state index is 14.1. The van der Waals surface area contributed by atoms with Crippen LogP contribution in [0.5, 0.6) is 0 Å². The SMILES string of the molecule is Cc1cc(CC(OC(=O)N2CCC3(CC2)OC(=O)Nc2ccccc23)C(=O)N2CCC(C3CCN(C)CC3)CC2)cc2cn[nH]c12. The van der Waals surface area contributed by atoms with E-state index in [0.29, 0.717) is 44.9 Å². The molecule has 2 aromatic carbocycles. The molecule has 2 N–H and O–H groups in total. The lowest BCUT2D eigenvalue weighted by molar-refractivity contribution is -0.143. The highest BCUT2D eigenvalue weighted by molar-refractivity contribution is 5.89. The summed E-state index contributed by atoms with van der Waals surface area (Å²) in [6, 6.07) is 11.7. The van der Waals surface area contributed by atoms with E-state index in [-0.39, 0.29) is 12.3 Å². The Morgan fingerprint density at radius 3 is 2.43 bits per heavy atom. The van der Waals surface area contributed by atoms with Crippen molar-refractivity contribution in [3.8, 4) is 0 Å². The van der Waals surface area contributed by atoms with Crippen LogP contribution in [0.1, 0.15) is 55.2 Å². The third-order valence-electron chi connectivity index (χ3n) is 10.8. The van der Waals surface area contributed by atoms with E-state index < -0.39 is 23.9 Å². The lowest BCUT2D eigenvalue weighted by Gasteiger charge is -2.44. The predicted molar refractivity (Wildman–Crippen MR) is 173 cm³/mol. The van der Waals surface area contributed by atoms with E-state index >= 15 is 0 Å². The zero-order valence-corrected chi connectivity index (χ0v) is 26.8. The van der Waals surface area contributed by atoms with Gasteiger partial charge in [0, 0.05) is 56.4 Å². The van der Waals surface area contributed by atoms with Crippen LogP contribution in [0, 0.1) is 18.8 Å². The number of carbonyl (C=O) groups is 3. The number of likely N-dealkylation sites (tertiary alicyclic amines) is 3. The molecule has 244 valence electrons. The van der Waals surface area contributed by atoms with Gasteiger partial charge in [0.25, 0.3) is 5.91 Å². The second kappa shape index (κ2) is 12.6. The fourth-order valence-electron chi connectivity index (χ4n) is 8.09. The van der Waals surface area contributed by atoms with E-state index in [1.807, 2.05) is 48.2 Å². The topological polar surface area (TPSA) is 120 Å². The van der Waals surface area contributed by atoms with Gasteiger partial charge in [0.05, 0.1) is 17.4 Å². The molecule has 3 fully saturated rings. The van der Waals surface area contributed by atoms with Crippen molar-refractivity contribution in [3.63, 3.8) is 0 Å². The summed E-state index contributed by atoms with van der Waals surface area (Å²) >= 11 is 0. The van der Waals surface area contributed by atoms with E-state index in [0.717, 1.165) is 65.1 Å². The van der Waals surface area contributed by atoms with Crippen LogP contribution in [0.2, 0.25) is 0 Å². The Morgan fingerprint density at radius 1 is 1.00 bits per heavy atom. The van der Waals surface area contributed by atoms with Gasteiger partial charge in [-0.3, -0.25) is 15.2 Å². The molecule has 0 radical (unpaired) electrons. The van der Waals surface area contributed by atoms with Crippen LogP contribution in [-0.2, 0) is 26.3 Å². The molecule has 1 unspecified atom stereocenters. The molecule has 1 atom stereocenters. The first-order valence-electron chi connectivity index (χ1n) is 16.7. The zero-order valence-electron chi connectivity index (χ0n) is 26.8. The third kappa shape index (κ3) is 6.04. The molecule has 4 aliphatic heterocycles. The summed E-state index contributed by atoms with van der Waals surface area (Å²) in [6.07, 6.45) is 5.46. The molecule has 0 bridgehead atoms. The molecule has 11 heteroatoms. The number of para-hydroxylation sites is 1. The Kier molecular flexibility index (Phi) is 8.35. The number of ether oxygens (including phenoxy) is 2. The van der Waals surface area contributed by atoms with Gasteiger partial charge < -0.3 is 24.2 Å². The Bertz CT molecular complexity index is 1600. The van der Waals surface area contributed by atoms with Crippen LogP contribution in [0.25, 0.3) is 10.9 Å². The number of piperidine rings is 3. The first kappa shape index (κ1) is 30.5. The van der Waals surface area contributed by atoms with Gasteiger partial charge in [-0.2, -0.15) is 5.10 Å². The van der Waals surface area contributed by atoms with Crippen molar-refractivity contribution in [2.75, 3.05) is 51.6 Å². The van der Waals surface area contributed by atoms with Gasteiger partial charge in [0.1, 0.15) is 5.60 Å². The minimum Gasteiger partial charge on any atom is -0.438 e. The smallest absolute Gasteiger partial charge is 0.412 e. The lowest BCUT2D eigenvalue weighted by Crippen LogP contribution is -2.52. The van der Waals surface area contributed by atoms with Gasteiger partial charge in [-0.05, 0) is 87.8 Å². The highest BCUT2D eigenvalue weighted by Gasteiger charge is 2.46. The van der Waals surface area contributed by atoms with Gasteiger partial charge in [0.15, 0.2) is 6.10 Å². The standard InChI is InChI=1S/C35H44N6O5/c1-23-19-24(20-27-22-36-38-31(23)27)21-30(32(42)40-15-9-26(10-16-40)25-7-13-39(2)14-8-25)45-34(44)41-17-11-35(12-18-41)28-5-3-4-6-29(28)37-33(43)46-35/h3-6,19-20,22,25-26,30H,7-18,21H2,1-2H3,(H,36,38)(H,37,43). The van der Waals surface area contributed by atoms with Gasteiger partial charge in [0.2, 0.25) is 0 Å². The fourth-order valence-corrected chi connectivity index (χ4v) is 8.09. The van der Waals surface area contributed by atoms with Crippen molar-refractivity contribution in [2.45, 2.75) is 63.6 Å². The van der Waals surface area contributed by atoms with Gasteiger partial charge in [-0.1, -0.05) is 24.3 Å². The van der Waals surface area contributed by atoms with Crippen LogP contribution >= 0.6 is 0 Å². The molecule has 0 aliphatic carbocycles. The number of anilines is 1. The van der Waals surface area contributed by atoms with Crippen LogP contribution < -0.4 is 5.32 Å². The largest absolute Gasteiger partial charge is 0.438 e. The molecule has 46 heavy (non-hydrogen) atoms. The van der Waals surface area contributed by atoms with E-state index in [9.17, 15) is 14.4 Å². The number of benzene rings is 2. The van der Waals surface area contributed by atoms with Crippen LogP contribution in [0.3, 0.4) is 0 Å². The second-order valence-electron chi connectivity index (χ2n) is 13.7. The van der Waals surface area contributed by atoms with E-state index in [1.54, 1.807) is 11.1 Å². The zero-order chi connectivity index (χ0) is 31.8. The van der Waals surface area contributed by atoms with Gasteiger partial charge in [-0.15, -0.1) is 0 Å². The summed E-state index contributed by atoms with van der Waals surface area (Å²) in [6.45, 7) is 6.38. The molecule has 4 aliphatic rings. The molecular weight excluding hydrogens is 584 g/mol. The quantitative estimate of drug-likeness (QED) is 0.406. The Labute approximate surface area is 269 Å². The summed E-state index contributed by atoms with van der Waals surface area (Å²) in [5, 5.41) is 10.9. The molecule has 5 heterocycles. The Morgan fingerprint density at radius 2 is 1.70 bits per heavy atom. The van der Waals surface area contributed by atoms with E-state index in [1.165, 1.54) is 12.8 Å². The number of amides is 3. The van der Waals surface area contributed by atoms with Crippen molar-refractivity contribution in [1.82, 2.24) is 24.9 Å². The van der Waals surface area contributed by atoms with Crippen molar-refractivity contribution < 1.29 is 23.9 Å². The molecule has 1 spiro atoms. The Hall–Kier alpha value is -4.12. The molecule has 3 amide bonds. The van der Waals surface area contributed by atoms with E-state index in [4.69, 9.17) is 9.47 Å². The normalized spacial score (nSPS) is 21.5. The van der Waals surface area contributed by atoms with Crippen molar-refractivity contribution >= 4 is 34.7 Å². The number of aromatic nitrogens is 2. The molecule has 7 rings (SSSR count). The first-order valence-corrected chi connectivity index (χ1v) is 16.7. The average Bonchev–Trinajstić information content (AvgIpc) is 3.54. The number of hydrogen-bond donors (Lipinski definition) is 2. The van der Waals surface area contributed by atoms with E-state index in [2.05, 4.69) is 27.5 Å². The van der Waals surface area contributed by atoms with Gasteiger partial charge in [-0.25, -0.2) is 9.59 Å². The highest BCUT2D eigenvalue weighted by atomic mass is 16.6. The van der Waals surface area contributed by atoms with Crippen molar-refractivity contribution in [1.29, 1.82) is 0 Å². The molecular formula is C35H44N6O5. The molecule has 1 aromatic heterocycles. The number of nitrogens with zero attached hydrogens (tertiary/aromatic N) is 4. The number of aryl methyl sites for hydroxylation is 1. The summed E-state index contributed by atoms with van der Waals surface area (Å²) in [4.78, 5) is 46.1. The summed E-state index contributed by atoms with van der Waals surface area (Å²) in [7, 11) is 2.19. The minimum absolute atomic E-state index is 0.130. The van der Waals surface area contributed by atoms with Crippen LogP contribution in [-0.4, -0.2) is 95.4 Å². The summed E-state index contributed by atoms with van der Waals surface area (Å²) in [5.74, 6) is 1.23. The minimum atomic E-state index is -0.940. The maximum absolute atomic E-state index is 14.1. The monoisotopic (exact) mass is 628 g/mol. The number of fused-ring (bicyclic) bond motifs is 3. The van der Waals surface area contributed by atoms with Gasteiger partial charge >= 0.3 is 12.2 Å². The lowest BCUT2D eigenvalue weighted by atomic mass is 9.79. The summed E-state index contributed by atoms with van der Waals surface area (Å²) in [5.41, 5.74) is 3.78. The average molecular weight is 629 g/mol. The maximum Gasteiger partial charge on any atom is 0.412 e. The number of aromatic amines is 1. The second-order valence-corrected chi connectivity index (χ2v) is 13.7. The number of rotatable bonds is 5. The highest BCUT2D eigenvalue weighted by Crippen LogP contribution is 2.43.